The molecule has 1 unspecified atom stereocenters. The molecule has 0 radical (unpaired) electrons. The molecule has 0 aliphatic rings. The maximum atomic E-state index is 11.3. The van der Waals surface area contributed by atoms with Gasteiger partial charge in [-0.15, -0.1) is 10.2 Å². The predicted molar refractivity (Wildman–Crippen MR) is 77.3 cm³/mol. The van der Waals surface area contributed by atoms with Gasteiger partial charge in [-0.05, 0) is 19.1 Å². The predicted octanol–water partition coefficient (Wildman–Crippen LogP) is 1.89. The molecule has 20 heavy (non-hydrogen) atoms. The van der Waals surface area contributed by atoms with E-state index in [1.165, 1.54) is 6.26 Å². The number of benzene rings is 1. The van der Waals surface area contributed by atoms with Crippen molar-refractivity contribution >= 4 is 15.5 Å². The van der Waals surface area contributed by atoms with Gasteiger partial charge >= 0.3 is 0 Å². The number of rotatable bonds is 5. The lowest BCUT2D eigenvalue weighted by atomic mass is 10.1. The van der Waals surface area contributed by atoms with Crippen LogP contribution in [0.4, 0.5) is 5.69 Å². The summed E-state index contributed by atoms with van der Waals surface area (Å²) >= 11 is 0. The summed E-state index contributed by atoms with van der Waals surface area (Å²) in [4.78, 5) is 0. The van der Waals surface area contributed by atoms with E-state index in [1.807, 2.05) is 31.2 Å². The van der Waals surface area contributed by atoms with Gasteiger partial charge in [0.05, 0.1) is 11.3 Å². The first kappa shape index (κ1) is 14.5. The first-order chi connectivity index (χ1) is 9.35. The largest absolute Gasteiger partial charge is 0.421 e. The maximum Gasteiger partial charge on any atom is 0.249 e. The van der Waals surface area contributed by atoms with Gasteiger partial charge in [0.25, 0.3) is 0 Å². The van der Waals surface area contributed by atoms with Crippen LogP contribution < -0.4 is 5.32 Å². The summed E-state index contributed by atoms with van der Waals surface area (Å²) in [6, 6.07) is 7.22. The minimum absolute atomic E-state index is 0.0597. The first-order valence-electron chi connectivity index (χ1n) is 6.19. The van der Waals surface area contributed by atoms with E-state index in [2.05, 4.69) is 15.5 Å². The smallest absolute Gasteiger partial charge is 0.249 e. The molecule has 2 aromatic rings. The molecule has 0 saturated heterocycles. The highest BCUT2D eigenvalue weighted by Crippen LogP contribution is 2.27. The van der Waals surface area contributed by atoms with Crippen molar-refractivity contribution in [3.05, 3.63) is 30.2 Å². The summed E-state index contributed by atoms with van der Waals surface area (Å²) in [5.74, 6) is 0.959. The number of para-hydroxylation sites is 1. The third-order valence-corrected chi connectivity index (χ3v) is 3.74. The van der Waals surface area contributed by atoms with Crippen molar-refractivity contribution < 1.29 is 12.8 Å². The minimum Gasteiger partial charge on any atom is -0.421 e. The molecule has 0 aliphatic carbocycles. The second kappa shape index (κ2) is 5.62. The number of aryl methyl sites for hydroxylation is 1. The minimum atomic E-state index is -3.03. The molecule has 0 spiro atoms. The Morgan fingerprint density at radius 2 is 2.00 bits per heavy atom. The Morgan fingerprint density at radius 1 is 1.30 bits per heavy atom. The van der Waals surface area contributed by atoms with Gasteiger partial charge in [-0.3, -0.25) is 0 Å². The second-order valence-electron chi connectivity index (χ2n) is 4.81. The van der Waals surface area contributed by atoms with Crippen LogP contribution in [0.25, 0.3) is 11.5 Å². The van der Waals surface area contributed by atoms with Crippen molar-refractivity contribution in [2.45, 2.75) is 19.9 Å². The lowest BCUT2D eigenvalue weighted by Crippen LogP contribution is -2.25. The Morgan fingerprint density at radius 3 is 2.60 bits per heavy atom. The van der Waals surface area contributed by atoms with Crippen molar-refractivity contribution in [3.8, 4) is 11.5 Å². The average molecular weight is 295 g/mol. The van der Waals surface area contributed by atoms with Crippen LogP contribution in [0.1, 0.15) is 12.8 Å². The second-order valence-corrected chi connectivity index (χ2v) is 6.99. The van der Waals surface area contributed by atoms with Gasteiger partial charge in [0.2, 0.25) is 11.8 Å². The van der Waals surface area contributed by atoms with Gasteiger partial charge in [0, 0.05) is 24.9 Å². The molecule has 1 heterocycles. The highest BCUT2D eigenvalue weighted by atomic mass is 32.2. The third-order valence-electron chi connectivity index (χ3n) is 2.64. The van der Waals surface area contributed by atoms with Crippen molar-refractivity contribution in [1.82, 2.24) is 10.2 Å². The Hall–Kier alpha value is -1.89. The average Bonchev–Trinajstić information content (AvgIpc) is 2.74. The zero-order chi connectivity index (χ0) is 14.8. The highest BCUT2D eigenvalue weighted by Gasteiger charge is 2.15. The van der Waals surface area contributed by atoms with E-state index in [0.717, 1.165) is 11.3 Å². The zero-order valence-corrected chi connectivity index (χ0v) is 12.4. The fourth-order valence-corrected chi connectivity index (χ4v) is 2.95. The van der Waals surface area contributed by atoms with E-state index in [0.29, 0.717) is 11.8 Å². The molecule has 1 aromatic heterocycles. The van der Waals surface area contributed by atoms with Crippen molar-refractivity contribution in [3.63, 3.8) is 0 Å². The van der Waals surface area contributed by atoms with Crippen LogP contribution in [0.2, 0.25) is 0 Å². The zero-order valence-electron chi connectivity index (χ0n) is 11.6. The van der Waals surface area contributed by atoms with E-state index >= 15 is 0 Å². The summed E-state index contributed by atoms with van der Waals surface area (Å²) in [5.41, 5.74) is 1.53. The Labute approximate surface area is 118 Å². The summed E-state index contributed by atoms with van der Waals surface area (Å²) in [6.07, 6.45) is 1.22. The van der Waals surface area contributed by atoms with Gasteiger partial charge < -0.3 is 9.73 Å². The van der Waals surface area contributed by atoms with Gasteiger partial charge in [-0.25, -0.2) is 8.42 Å². The summed E-state index contributed by atoms with van der Waals surface area (Å²) < 4.78 is 28.0. The number of anilines is 1. The van der Waals surface area contributed by atoms with E-state index in [-0.39, 0.29) is 11.8 Å². The number of aromatic nitrogens is 2. The van der Waals surface area contributed by atoms with Crippen molar-refractivity contribution in [1.29, 1.82) is 0 Å². The molecule has 6 nitrogen and oxygen atoms in total. The molecule has 7 heteroatoms. The van der Waals surface area contributed by atoms with Gasteiger partial charge in [0.15, 0.2) is 0 Å². The van der Waals surface area contributed by atoms with E-state index < -0.39 is 9.84 Å². The van der Waals surface area contributed by atoms with E-state index in [1.54, 1.807) is 6.92 Å². The summed E-state index contributed by atoms with van der Waals surface area (Å²) in [7, 11) is -3.03. The summed E-state index contributed by atoms with van der Waals surface area (Å²) in [6.45, 7) is 3.54. The normalized spacial score (nSPS) is 13.2. The van der Waals surface area contributed by atoms with Crippen LogP contribution in [0, 0.1) is 6.92 Å². The van der Waals surface area contributed by atoms with Crippen LogP contribution in [0.15, 0.2) is 28.7 Å². The number of hydrogen-bond acceptors (Lipinski definition) is 6. The molecular weight excluding hydrogens is 278 g/mol. The molecule has 0 aliphatic heterocycles. The molecule has 0 saturated carbocycles. The van der Waals surface area contributed by atoms with Crippen LogP contribution >= 0.6 is 0 Å². The topological polar surface area (TPSA) is 85.1 Å². The van der Waals surface area contributed by atoms with Crippen LogP contribution in [-0.4, -0.2) is 36.7 Å². The van der Waals surface area contributed by atoms with Crippen molar-refractivity contribution in [2.24, 2.45) is 0 Å². The molecule has 1 atom stereocenters. The van der Waals surface area contributed by atoms with Gasteiger partial charge in [0.1, 0.15) is 9.84 Å². The van der Waals surface area contributed by atoms with Crippen LogP contribution in [0.3, 0.4) is 0 Å². The Bertz CT molecular complexity index is 694. The monoisotopic (exact) mass is 295 g/mol. The number of nitrogens with one attached hydrogen (secondary N) is 1. The molecule has 0 amide bonds. The molecule has 108 valence electrons. The quantitative estimate of drug-likeness (QED) is 0.906. The van der Waals surface area contributed by atoms with Gasteiger partial charge in [-0.2, -0.15) is 0 Å². The van der Waals surface area contributed by atoms with Crippen LogP contribution in [0.5, 0.6) is 0 Å². The lowest BCUT2D eigenvalue weighted by Gasteiger charge is -2.16. The number of sulfone groups is 1. The molecule has 1 N–H and O–H groups in total. The molecule has 2 rings (SSSR count). The van der Waals surface area contributed by atoms with E-state index in [9.17, 15) is 8.42 Å². The molecule has 0 bridgehead atoms. The van der Waals surface area contributed by atoms with Crippen LogP contribution in [-0.2, 0) is 9.84 Å². The molecular formula is C13H17N3O3S. The standard InChI is InChI=1S/C13H17N3O3S/c1-9(8-20(3,17)18)14-12-7-5-4-6-11(12)13-16-15-10(2)19-13/h4-7,9,14H,8H2,1-3H3. The maximum absolute atomic E-state index is 11.3. The molecule has 1 aromatic carbocycles. The third kappa shape index (κ3) is 3.80. The molecule has 0 fully saturated rings. The van der Waals surface area contributed by atoms with E-state index in [4.69, 9.17) is 4.42 Å². The summed E-state index contributed by atoms with van der Waals surface area (Å²) in [5, 5.41) is 11.0. The number of nitrogens with zero attached hydrogens (tertiary/aromatic N) is 2. The van der Waals surface area contributed by atoms with Crippen molar-refractivity contribution in [2.75, 3.05) is 17.3 Å². The van der Waals surface area contributed by atoms with Gasteiger partial charge in [-0.1, -0.05) is 12.1 Å². The highest BCUT2D eigenvalue weighted by molar-refractivity contribution is 7.90. The fourth-order valence-electron chi connectivity index (χ4n) is 1.96. The number of hydrogen-bond donors (Lipinski definition) is 1. The lowest BCUT2D eigenvalue weighted by molar-refractivity contribution is 0.533. The fraction of sp³-hybridized carbons (Fsp3) is 0.385. The Balaban J connectivity index is 2.25. The first-order valence-corrected chi connectivity index (χ1v) is 8.25. The SMILES string of the molecule is Cc1nnc(-c2ccccc2NC(C)CS(C)(=O)=O)o1. The Kier molecular flexibility index (Phi) is 4.08.